The summed E-state index contributed by atoms with van der Waals surface area (Å²) in [5.41, 5.74) is 1.50. The van der Waals surface area contributed by atoms with Crippen LogP contribution in [-0.2, 0) is 27.2 Å². The molecule has 1 aromatic heterocycles. The second-order valence-electron chi connectivity index (χ2n) is 7.61. The highest BCUT2D eigenvalue weighted by Crippen LogP contribution is 2.40. The molecule has 0 aromatic carbocycles. The molecule has 1 fully saturated rings. The zero-order chi connectivity index (χ0) is 19.6. The van der Waals surface area contributed by atoms with Gasteiger partial charge in [-0.1, -0.05) is 6.92 Å². The standard InChI is InChI=1S/C19H27N3O4S/c1-11-4-7-13-14(8-11)27-18(17(13)19(25)26-3)21-16(24)10-22(2)9-15(23)20-12-5-6-12/h11-12H,4-10H2,1-3H3,(H,20,23)(H,21,24)/t11-/m1/s1. The largest absolute Gasteiger partial charge is 0.465 e. The number of methoxy groups -OCH3 is 1. The van der Waals surface area contributed by atoms with Gasteiger partial charge >= 0.3 is 5.97 Å². The van der Waals surface area contributed by atoms with E-state index in [0.29, 0.717) is 22.5 Å². The Labute approximate surface area is 163 Å². The van der Waals surface area contributed by atoms with Gasteiger partial charge in [-0.3, -0.25) is 14.5 Å². The van der Waals surface area contributed by atoms with Gasteiger partial charge in [0, 0.05) is 10.9 Å². The Bertz CT molecular complexity index is 742. The van der Waals surface area contributed by atoms with Gasteiger partial charge in [-0.05, 0) is 50.6 Å². The minimum Gasteiger partial charge on any atom is -0.465 e. The first-order valence-electron chi connectivity index (χ1n) is 9.38. The van der Waals surface area contributed by atoms with Crippen LogP contribution in [-0.4, -0.2) is 56.0 Å². The molecule has 7 nitrogen and oxygen atoms in total. The molecule has 1 aromatic rings. The summed E-state index contributed by atoms with van der Waals surface area (Å²) in [6.45, 7) is 2.45. The second kappa shape index (κ2) is 8.39. The summed E-state index contributed by atoms with van der Waals surface area (Å²) < 4.78 is 4.94. The molecule has 2 aliphatic carbocycles. The summed E-state index contributed by atoms with van der Waals surface area (Å²) in [6, 6.07) is 0.308. The van der Waals surface area contributed by atoms with E-state index in [2.05, 4.69) is 17.6 Å². The Morgan fingerprint density at radius 3 is 2.56 bits per heavy atom. The first-order valence-corrected chi connectivity index (χ1v) is 10.2. The molecule has 0 spiro atoms. The molecule has 0 bridgehead atoms. The highest BCUT2D eigenvalue weighted by molar-refractivity contribution is 7.17. The van der Waals surface area contributed by atoms with Gasteiger partial charge in [-0.25, -0.2) is 4.79 Å². The van der Waals surface area contributed by atoms with Crippen LogP contribution in [0.25, 0.3) is 0 Å². The SMILES string of the molecule is COC(=O)c1c(NC(=O)CN(C)CC(=O)NC2CC2)sc2c1CC[C@@H](C)C2. The fraction of sp³-hybridized carbons (Fsp3) is 0.632. The van der Waals surface area contributed by atoms with Crippen molar-refractivity contribution in [2.24, 2.45) is 5.92 Å². The van der Waals surface area contributed by atoms with Crippen LogP contribution in [0.5, 0.6) is 0 Å². The summed E-state index contributed by atoms with van der Waals surface area (Å²) in [6.07, 6.45) is 4.84. The number of anilines is 1. The minimum absolute atomic E-state index is 0.0661. The number of carbonyl (C=O) groups excluding carboxylic acids is 3. The summed E-state index contributed by atoms with van der Waals surface area (Å²) in [7, 11) is 3.09. The number of nitrogens with one attached hydrogen (secondary N) is 2. The van der Waals surface area contributed by atoms with Crippen LogP contribution in [0.3, 0.4) is 0 Å². The maximum absolute atomic E-state index is 12.4. The van der Waals surface area contributed by atoms with Gasteiger partial charge < -0.3 is 15.4 Å². The second-order valence-corrected chi connectivity index (χ2v) is 8.71. The number of fused-ring (bicyclic) bond motifs is 1. The van der Waals surface area contributed by atoms with Crippen LogP contribution in [0.2, 0.25) is 0 Å². The van der Waals surface area contributed by atoms with E-state index < -0.39 is 5.97 Å². The van der Waals surface area contributed by atoms with Gasteiger partial charge in [0.2, 0.25) is 11.8 Å². The lowest BCUT2D eigenvalue weighted by Gasteiger charge is -2.18. The van der Waals surface area contributed by atoms with Gasteiger partial charge in [0.15, 0.2) is 0 Å². The molecule has 0 aliphatic heterocycles. The van der Waals surface area contributed by atoms with E-state index in [-0.39, 0.29) is 24.9 Å². The van der Waals surface area contributed by atoms with Crippen molar-refractivity contribution in [3.05, 3.63) is 16.0 Å². The molecule has 2 aliphatic rings. The third-order valence-corrected chi connectivity index (χ3v) is 6.09. The van der Waals surface area contributed by atoms with E-state index >= 15 is 0 Å². The first-order chi connectivity index (χ1) is 12.9. The molecule has 0 unspecified atom stereocenters. The minimum atomic E-state index is -0.408. The predicted octanol–water partition coefficient (Wildman–Crippen LogP) is 1.81. The van der Waals surface area contributed by atoms with Gasteiger partial charge in [0.25, 0.3) is 0 Å². The highest BCUT2D eigenvalue weighted by atomic mass is 32.1. The Morgan fingerprint density at radius 1 is 1.19 bits per heavy atom. The average Bonchev–Trinajstić information content (AvgIpc) is 3.32. The number of hydrogen-bond acceptors (Lipinski definition) is 6. The summed E-state index contributed by atoms with van der Waals surface area (Å²) in [5, 5.41) is 6.32. The van der Waals surface area contributed by atoms with E-state index in [1.807, 2.05) is 0 Å². The third kappa shape index (κ3) is 5.07. The van der Waals surface area contributed by atoms with Crippen molar-refractivity contribution >= 4 is 34.1 Å². The Hall–Kier alpha value is -1.93. The van der Waals surface area contributed by atoms with Gasteiger partial charge in [-0.2, -0.15) is 0 Å². The summed E-state index contributed by atoms with van der Waals surface area (Å²) in [4.78, 5) is 39.4. The van der Waals surface area contributed by atoms with Gasteiger partial charge in [-0.15, -0.1) is 11.3 Å². The smallest absolute Gasteiger partial charge is 0.341 e. The molecule has 0 radical (unpaired) electrons. The van der Waals surface area contributed by atoms with Crippen LogP contribution in [0.15, 0.2) is 0 Å². The number of rotatable bonds is 7. The number of nitrogens with zero attached hydrogens (tertiary/aromatic N) is 1. The Kier molecular flexibility index (Phi) is 6.16. The fourth-order valence-electron chi connectivity index (χ4n) is 3.37. The fourth-order valence-corrected chi connectivity index (χ4v) is 4.79. The zero-order valence-electron chi connectivity index (χ0n) is 16.1. The molecule has 1 heterocycles. The van der Waals surface area contributed by atoms with Crippen molar-refractivity contribution in [3.63, 3.8) is 0 Å². The molecular weight excluding hydrogens is 366 g/mol. The molecule has 0 saturated heterocycles. The number of likely N-dealkylation sites (N-methyl/N-ethyl adjacent to an activating group) is 1. The van der Waals surface area contributed by atoms with Crippen molar-refractivity contribution in [2.45, 2.75) is 45.1 Å². The maximum Gasteiger partial charge on any atom is 0.341 e. The molecule has 8 heteroatoms. The Morgan fingerprint density at radius 2 is 1.89 bits per heavy atom. The van der Waals surface area contributed by atoms with Crippen molar-refractivity contribution in [2.75, 3.05) is 32.6 Å². The summed E-state index contributed by atoms with van der Waals surface area (Å²) in [5.74, 6) is -0.145. The van der Waals surface area contributed by atoms with E-state index in [1.54, 1.807) is 11.9 Å². The normalized spacial score (nSPS) is 18.7. The van der Waals surface area contributed by atoms with E-state index in [9.17, 15) is 14.4 Å². The number of hydrogen-bond donors (Lipinski definition) is 2. The lowest BCUT2D eigenvalue weighted by molar-refractivity contribution is -0.123. The van der Waals surface area contributed by atoms with E-state index in [1.165, 1.54) is 18.4 Å². The Balaban J connectivity index is 1.64. The van der Waals surface area contributed by atoms with Crippen LogP contribution >= 0.6 is 11.3 Å². The van der Waals surface area contributed by atoms with E-state index in [4.69, 9.17) is 4.74 Å². The zero-order valence-corrected chi connectivity index (χ0v) is 16.9. The number of amides is 2. The number of thiophene rings is 1. The van der Waals surface area contributed by atoms with Crippen LogP contribution in [0.1, 0.15) is 47.0 Å². The molecule has 3 rings (SSSR count). The van der Waals surface area contributed by atoms with Gasteiger partial charge in [0.1, 0.15) is 5.00 Å². The predicted molar refractivity (Wildman–Crippen MR) is 104 cm³/mol. The number of carbonyl (C=O) groups is 3. The monoisotopic (exact) mass is 393 g/mol. The highest BCUT2D eigenvalue weighted by Gasteiger charge is 2.29. The van der Waals surface area contributed by atoms with Crippen LogP contribution < -0.4 is 10.6 Å². The molecule has 2 N–H and O–H groups in total. The number of esters is 1. The van der Waals surface area contributed by atoms with Gasteiger partial charge in [0.05, 0.1) is 25.8 Å². The maximum atomic E-state index is 12.4. The van der Waals surface area contributed by atoms with Crippen molar-refractivity contribution in [1.29, 1.82) is 0 Å². The topological polar surface area (TPSA) is 87.7 Å². The van der Waals surface area contributed by atoms with Crippen molar-refractivity contribution in [3.8, 4) is 0 Å². The van der Waals surface area contributed by atoms with Crippen molar-refractivity contribution < 1.29 is 19.1 Å². The lowest BCUT2D eigenvalue weighted by atomic mass is 9.88. The number of ether oxygens (including phenoxy) is 1. The molecule has 27 heavy (non-hydrogen) atoms. The first kappa shape index (κ1) is 19.8. The van der Waals surface area contributed by atoms with Crippen LogP contribution in [0.4, 0.5) is 5.00 Å². The lowest BCUT2D eigenvalue weighted by Crippen LogP contribution is -2.39. The average molecular weight is 394 g/mol. The summed E-state index contributed by atoms with van der Waals surface area (Å²) >= 11 is 1.46. The third-order valence-electron chi connectivity index (χ3n) is 4.92. The quantitative estimate of drug-likeness (QED) is 0.690. The van der Waals surface area contributed by atoms with Crippen LogP contribution in [0, 0.1) is 5.92 Å². The molecule has 1 saturated carbocycles. The van der Waals surface area contributed by atoms with Crippen molar-refractivity contribution in [1.82, 2.24) is 10.2 Å². The molecule has 148 valence electrons. The molecular formula is C19H27N3O4S. The molecule has 2 amide bonds. The molecule has 1 atom stereocenters. The van der Waals surface area contributed by atoms with E-state index in [0.717, 1.165) is 42.5 Å².